The molecule has 0 atom stereocenters. The molecule has 0 aliphatic heterocycles. The first-order valence-electron chi connectivity index (χ1n) is 6.23. The number of thiazole rings is 1. The number of carbonyl (C=O) groups excluding carboxylic acids is 1. The molecule has 2 amide bonds. The summed E-state index contributed by atoms with van der Waals surface area (Å²) in [5, 5.41) is 13.9. The predicted octanol–water partition coefficient (Wildman–Crippen LogP) is 3.41. The van der Waals surface area contributed by atoms with Gasteiger partial charge in [0.2, 0.25) is 0 Å². The number of carbonyl (C=O) groups is 2. The summed E-state index contributed by atoms with van der Waals surface area (Å²) in [5.41, 5.74) is 3.19. The van der Waals surface area contributed by atoms with E-state index in [0.29, 0.717) is 10.6 Å². The van der Waals surface area contributed by atoms with E-state index in [1.54, 1.807) is 6.92 Å². The Bertz CT molecular complexity index is 689. The minimum Gasteiger partial charge on any atom is -0.465 e. The fourth-order valence-corrected chi connectivity index (χ4v) is 2.79. The van der Waals surface area contributed by atoms with Crippen LogP contribution >= 0.6 is 11.3 Å². The molecule has 0 saturated heterocycles. The third-order valence-electron chi connectivity index (χ3n) is 2.94. The summed E-state index contributed by atoms with van der Waals surface area (Å²) in [6, 6.07) is 5.76. The van der Waals surface area contributed by atoms with Gasteiger partial charge in [-0.25, -0.2) is 9.78 Å². The summed E-state index contributed by atoms with van der Waals surface area (Å²) in [6.07, 6.45) is -1.20. The van der Waals surface area contributed by atoms with Crippen LogP contribution in [-0.4, -0.2) is 22.1 Å². The van der Waals surface area contributed by atoms with E-state index in [-0.39, 0.29) is 11.0 Å². The van der Waals surface area contributed by atoms with E-state index < -0.39 is 6.09 Å². The van der Waals surface area contributed by atoms with Crippen LogP contribution in [0.1, 0.15) is 26.5 Å². The molecule has 2 aromatic rings. The van der Waals surface area contributed by atoms with Crippen molar-refractivity contribution >= 4 is 34.2 Å². The van der Waals surface area contributed by atoms with Gasteiger partial charge in [-0.2, -0.15) is 0 Å². The second kappa shape index (κ2) is 5.92. The van der Waals surface area contributed by atoms with Gasteiger partial charge in [0.25, 0.3) is 5.91 Å². The molecular formula is C14H15N3O3S. The van der Waals surface area contributed by atoms with Gasteiger partial charge >= 0.3 is 6.09 Å². The maximum absolute atomic E-state index is 12.3. The number of anilines is 2. The average Bonchev–Trinajstić information content (AvgIpc) is 2.74. The third kappa shape index (κ3) is 3.38. The monoisotopic (exact) mass is 305 g/mol. The van der Waals surface area contributed by atoms with Gasteiger partial charge in [0.1, 0.15) is 4.88 Å². The first kappa shape index (κ1) is 15.0. The fraction of sp³-hybridized carbons (Fsp3) is 0.214. The molecule has 1 heterocycles. The lowest BCUT2D eigenvalue weighted by Gasteiger charge is -2.10. The molecule has 0 spiro atoms. The number of hydrogen-bond acceptors (Lipinski definition) is 4. The van der Waals surface area contributed by atoms with Crippen LogP contribution < -0.4 is 10.6 Å². The van der Waals surface area contributed by atoms with Crippen molar-refractivity contribution in [1.29, 1.82) is 0 Å². The van der Waals surface area contributed by atoms with Gasteiger partial charge in [-0.05, 0) is 31.9 Å². The van der Waals surface area contributed by atoms with Crippen molar-refractivity contribution < 1.29 is 14.7 Å². The molecule has 2 rings (SSSR count). The van der Waals surface area contributed by atoms with E-state index >= 15 is 0 Å². The van der Waals surface area contributed by atoms with Crippen LogP contribution in [0.3, 0.4) is 0 Å². The lowest BCUT2D eigenvalue weighted by atomic mass is 10.1. The number of hydrogen-bond donors (Lipinski definition) is 3. The van der Waals surface area contributed by atoms with Crippen LogP contribution in [-0.2, 0) is 0 Å². The summed E-state index contributed by atoms with van der Waals surface area (Å²) in [6.45, 7) is 5.50. The van der Waals surface area contributed by atoms with E-state index in [4.69, 9.17) is 5.11 Å². The molecule has 3 N–H and O–H groups in total. The van der Waals surface area contributed by atoms with Crippen LogP contribution in [0.2, 0.25) is 0 Å². The van der Waals surface area contributed by atoms with Crippen molar-refractivity contribution in [2.75, 3.05) is 10.6 Å². The Hall–Kier alpha value is -2.41. The highest BCUT2D eigenvalue weighted by Crippen LogP contribution is 2.25. The van der Waals surface area contributed by atoms with Gasteiger partial charge in [-0.3, -0.25) is 10.1 Å². The molecule has 21 heavy (non-hydrogen) atoms. The van der Waals surface area contributed by atoms with Crippen LogP contribution in [0.4, 0.5) is 15.6 Å². The molecule has 1 aromatic heterocycles. The SMILES string of the molecule is Cc1cccc(C)c1NC(=O)c1sc(NC(=O)O)nc1C. The van der Waals surface area contributed by atoms with Crippen molar-refractivity contribution in [1.82, 2.24) is 4.98 Å². The van der Waals surface area contributed by atoms with E-state index in [1.165, 1.54) is 0 Å². The van der Waals surface area contributed by atoms with E-state index in [1.807, 2.05) is 32.0 Å². The van der Waals surface area contributed by atoms with Gasteiger partial charge in [0.15, 0.2) is 5.13 Å². The molecule has 0 bridgehead atoms. The zero-order chi connectivity index (χ0) is 15.6. The van der Waals surface area contributed by atoms with Gasteiger partial charge in [0.05, 0.1) is 5.69 Å². The Balaban J connectivity index is 2.25. The topological polar surface area (TPSA) is 91.3 Å². The highest BCUT2D eigenvalue weighted by atomic mass is 32.1. The number of nitrogens with zero attached hydrogens (tertiary/aromatic N) is 1. The minimum absolute atomic E-state index is 0.187. The number of rotatable bonds is 3. The van der Waals surface area contributed by atoms with Gasteiger partial charge in [-0.1, -0.05) is 29.5 Å². The molecule has 0 aliphatic carbocycles. The summed E-state index contributed by atoms with van der Waals surface area (Å²) in [5.74, 6) is -0.291. The van der Waals surface area contributed by atoms with Crippen LogP contribution in [0, 0.1) is 20.8 Å². The Labute approximate surface area is 125 Å². The number of carboxylic acid groups (broad SMARTS) is 1. The number of amides is 2. The van der Waals surface area contributed by atoms with Crippen molar-refractivity contribution in [3.05, 3.63) is 39.9 Å². The van der Waals surface area contributed by atoms with E-state index in [9.17, 15) is 9.59 Å². The van der Waals surface area contributed by atoms with Crippen molar-refractivity contribution in [3.8, 4) is 0 Å². The van der Waals surface area contributed by atoms with E-state index in [0.717, 1.165) is 28.2 Å². The summed E-state index contributed by atoms with van der Waals surface area (Å²) >= 11 is 1.01. The molecule has 6 nitrogen and oxygen atoms in total. The molecule has 0 unspecified atom stereocenters. The number of benzene rings is 1. The van der Waals surface area contributed by atoms with Crippen LogP contribution in [0.25, 0.3) is 0 Å². The summed E-state index contributed by atoms with van der Waals surface area (Å²) in [7, 11) is 0. The molecule has 0 fully saturated rings. The van der Waals surface area contributed by atoms with E-state index in [2.05, 4.69) is 15.6 Å². The molecule has 0 saturated carbocycles. The maximum atomic E-state index is 12.3. The summed E-state index contributed by atoms with van der Waals surface area (Å²) < 4.78 is 0. The highest BCUT2D eigenvalue weighted by molar-refractivity contribution is 7.17. The number of aryl methyl sites for hydroxylation is 3. The zero-order valence-corrected chi connectivity index (χ0v) is 12.7. The number of aromatic nitrogens is 1. The Morgan fingerprint density at radius 2 is 1.76 bits per heavy atom. The molecule has 1 aromatic carbocycles. The lowest BCUT2D eigenvalue weighted by Crippen LogP contribution is -2.13. The summed E-state index contributed by atoms with van der Waals surface area (Å²) in [4.78, 5) is 27.3. The molecule has 110 valence electrons. The Morgan fingerprint density at radius 1 is 1.14 bits per heavy atom. The average molecular weight is 305 g/mol. The van der Waals surface area contributed by atoms with Crippen molar-refractivity contribution in [2.45, 2.75) is 20.8 Å². The maximum Gasteiger partial charge on any atom is 0.410 e. The molecule has 0 radical (unpaired) electrons. The zero-order valence-electron chi connectivity index (χ0n) is 11.9. The predicted molar refractivity (Wildman–Crippen MR) is 82.4 cm³/mol. The minimum atomic E-state index is -1.20. The van der Waals surface area contributed by atoms with Crippen molar-refractivity contribution in [2.24, 2.45) is 0 Å². The first-order valence-corrected chi connectivity index (χ1v) is 7.05. The van der Waals surface area contributed by atoms with Crippen LogP contribution in [0.5, 0.6) is 0 Å². The van der Waals surface area contributed by atoms with Gasteiger partial charge in [0, 0.05) is 5.69 Å². The molecule has 7 heteroatoms. The smallest absolute Gasteiger partial charge is 0.410 e. The normalized spacial score (nSPS) is 10.2. The lowest BCUT2D eigenvalue weighted by molar-refractivity contribution is 0.102. The Morgan fingerprint density at radius 3 is 2.33 bits per heavy atom. The highest BCUT2D eigenvalue weighted by Gasteiger charge is 2.17. The second-order valence-electron chi connectivity index (χ2n) is 4.58. The fourth-order valence-electron chi connectivity index (χ4n) is 1.93. The third-order valence-corrected chi connectivity index (χ3v) is 4.01. The largest absolute Gasteiger partial charge is 0.465 e. The quantitative estimate of drug-likeness (QED) is 0.810. The number of para-hydroxylation sites is 1. The van der Waals surface area contributed by atoms with Gasteiger partial charge < -0.3 is 10.4 Å². The van der Waals surface area contributed by atoms with Gasteiger partial charge in [-0.15, -0.1) is 0 Å². The molecule has 0 aliphatic rings. The van der Waals surface area contributed by atoms with Crippen molar-refractivity contribution in [3.63, 3.8) is 0 Å². The standard InChI is InChI=1S/C14H15N3O3S/c1-7-5-4-6-8(2)10(7)16-12(18)11-9(3)15-13(21-11)17-14(19)20/h4-6H,1-3H3,(H,15,17)(H,16,18)(H,19,20). The first-order chi connectivity index (χ1) is 9.88. The second-order valence-corrected chi connectivity index (χ2v) is 5.58. The van der Waals surface area contributed by atoms with Crippen LogP contribution in [0.15, 0.2) is 18.2 Å². The molecular weight excluding hydrogens is 290 g/mol. The number of nitrogens with one attached hydrogen (secondary N) is 2. The Kier molecular flexibility index (Phi) is 4.23.